The number of fused-ring (bicyclic) bond motifs is 1. The topological polar surface area (TPSA) is 59.8 Å². The first-order chi connectivity index (χ1) is 15.2. The summed E-state index contributed by atoms with van der Waals surface area (Å²) in [4.78, 5) is 17.1. The third kappa shape index (κ3) is 4.68. The van der Waals surface area contributed by atoms with Crippen LogP contribution in [0.5, 0.6) is 0 Å². The highest BCUT2D eigenvalue weighted by atomic mass is 35.5. The van der Waals surface area contributed by atoms with Crippen molar-refractivity contribution in [3.63, 3.8) is 0 Å². The zero-order chi connectivity index (χ0) is 22.9. The lowest BCUT2D eigenvalue weighted by Crippen LogP contribution is -2.28. The number of halogens is 1. The van der Waals surface area contributed by atoms with E-state index in [9.17, 15) is 4.79 Å². The molecule has 1 atom stereocenters. The second-order valence-corrected chi connectivity index (χ2v) is 9.52. The number of rotatable bonds is 5. The second-order valence-electron chi connectivity index (χ2n) is 9.08. The Kier molecular flexibility index (Phi) is 6.02. The molecule has 0 aliphatic rings. The monoisotopic (exact) mass is 446 g/mol. The van der Waals surface area contributed by atoms with Crippen LogP contribution in [0.15, 0.2) is 67.0 Å². The third-order valence-corrected chi connectivity index (χ3v) is 5.84. The quantitative estimate of drug-likeness (QED) is 0.422. The van der Waals surface area contributed by atoms with Gasteiger partial charge in [-0.15, -0.1) is 0 Å². The van der Waals surface area contributed by atoms with Gasteiger partial charge in [0.15, 0.2) is 0 Å². The molecule has 2 heterocycles. The number of amides is 1. The number of nitrogens with one attached hydrogen (secondary N) is 1. The predicted molar refractivity (Wildman–Crippen MR) is 129 cm³/mol. The van der Waals surface area contributed by atoms with Crippen LogP contribution in [0, 0.1) is 0 Å². The first kappa shape index (κ1) is 22.0. The molecule has 1 amide bonds. The Morgan fingerprint density at radius 1 is 1.09 bits per heavy atom. The van der Waals surface area contributed by atoms with Crippen LogP contribution in [0.4, 0.5) is 0 Å². The summed E-state index contributed by atoms with van der Waals surface area (Å²) in [5.74, 6) is -0.313. The average molecular weight is 447 g/mol. The normalized spacial score (nSPS) is 12.7. The molecule has 0 bridgehead atoms. The van der Waals surface area contributed by atoms with E-state index in [0.717, 1.165) is 33.4 Å². The van der Waals surface area contributed by atoms with Crippen molar-refractivity contribution in [1.29, 1.82) is 0 Å². The lowest BCUT2D eigenvalue weighted by atomic mass is 9.92. The van der Waals surface area contributed by atoms with E-state index < -0.39 is 0 Å². The molecular weight excluding hydrogens is 420 g/mol. The summed E-state index contributed by atoms with van der Waals surface area (Å²) in [6.07, 6.45) is 3.59. The van der Waals surface area contributed by atoms with Crippen LogP contribution in [0.25, 0.3) is 16.5 Å². The molecule has 2 aromatic carbocycles. The molecule has 6 heteroatoms. The molecule has 4 aromatic rings. The van der Waals surface area contributed by atoms with Crippen molar-refractivity contribution < 1.29 is 4.79 Å². The van der Waals surface area contributed by atoms with E-state index in [4.69, 9.17) is 16.7 Å². The molecular formula is C26H27ClN4O. The number of pyridine rings is 1. The van der Waals surface area contributed by atoms with Crippen molar-refractivity contribution in [2.75, 3.05) is 0 Å². The molecule has 4 rings (SSSR count). The summed E-state index contributed by atoms with van der Waals surface area (Å²) < 4.78 is 1.86. The van der Waals surface area contributed by atoms with Crippen LogP contribution < -0.4 is 5.32 Å². The first-order valence-electron chi connectivity index (χ1n) is 10.7. The number of hydrogen-bond donors (Lipinski definition) is 1. The van der Waals surface area contributed by atoms with E-state index in [1.165, 1.54) is 0 Å². The molecule has 0 saturated heterocycles. The Hall–Kier alpha value is -3.18. The second kappa shape index (κ2) is 8.75. The van der Waals surface area contributed by atoms with E-state index in [0.29, 0.717) is 11.6 Å². The Morgan fingerprint density at radius 3 is 2.66 bits per heavy atom. The molecule has 0 aliphatic carbocycles. The van der Waals surface area contributed by atoms with Gasteiger partial charge in [-0.3, -0.25) is 9.78 Å². The summed E-state index contributed by atoms with van der Waals surface area (Å²) in [5.41, 5.74) is 3.59. The number of nitrogens with zero attached hydrogens (tertiary/aromatic N) is 3. The third-order valence-electron chi connectivity index (χ3n) is 5.61. The molecule has 0 saturated carbocycles. The van der Waals surface area contributed by atoms with Gasteiger partial charge >= 0.3 is 0 Å². The predicted octanol–water partition coefficient (Wildman–Crippen LogP) is 5.79. The molecule has 32 heavy (non-hydrogen) atoms. The van der Waals surface area contributed by atoms with Crippen molar-refractivity contribution in [2.24, 2.45) is 0 Å². The maximum absolute atomic E-state index is 13.0. The number of hydrogen-bond acceptors (Lipinski definition) is 3. The van der Waals surface area contributed by atoms with Gasteiger partial charge in [0, 0.05) is 28.2 Å². The molecule has 1 N–H and O–H groups in total. The summed E-state index contributed by atoms with van der Waals surface area (Å²) >= 11 is 6.21. The van der Waals surface area contributed by atoms with Gasteiger partial charge < -0.3 is 5.32 Å². The Balaban J connectivity index is 1.56. The van der Waals surface area contributed by atoms with Crippen molar-refractivity contribution in [3.05, 3.63) is 89.0 Å². The molecule has 0 radical (unpaired) electrons. The van der Waals surface area contributed by atoms with Crippen molar-refractivity contribution in [1.82, 2.24) is 20.1 Å². The largest absolute Gasteiger partial charge is 0.350 e. The van der Waals surface area contributed by atoms with Gasteiger partial charge in [0.05, 0.1) is 29.5 Å². The molecule has 0 spiro atoms. The van der Waals surface area contributed by atoms with Crippen LogP contribution in [0.2, 0.25) is 5.02 Å². The Labute approximate surface area is 193 Å². The number of carbonyl (C=O) groups is 1. The summed E-state index contributed by atoms with van der Waals surface area (Å²) in [6, 6.07) is 17.6. The van der Waals surface area contributed by atoms with Crippen molar-refractivity contribution >= 4 is 28.3 Å². The van der Waals surface area contributed by atoms with Gasteiger partial charge in [0.2, 0.25) is 5.91 Å². The fourth-order valence-corrected chi connectivity index (χ4v) is 3.78. The smallest absolute Gasteiger partial charge is 0.227 e. The lowest BCUT2D eigenvalue weighted by Gasteiger charge is -2.14. The SMILES string of the molecule is CC(C(=O)NCc1cc(C(C)(C)C)nn1-c1cccc(Cl)c1)c1ccc2cnccc2c1. The number of aromatic nitrogens is 3. The van der Waals surface area contributed by atoms with Crippen LogP contribution >= 0.6 is 11.6 Å². The first-order valence-corrected chi connectivity index (χ1v) is 11.1. The van der Waals surface area contributed by atoms with Crippen molar-refractivity contribution in [3.8, 4) is 5.69 Å². The minimum atomic E-state index is -0.280. The highest BCUT2D eigenvalue weighted by molar-refractivity contribution is 6.30. The van der Waals surface area contributed by atoms with E-state index in [2.05, 4.69) is 43.2 Å². The summed E-state index contributed by atoms with van der Waals surface area (Å²) in [7, 11) is 0. The van der Waals surface area contributed by atoms with Crippen molar-refractivity contribution in [2.45, 2.75) is 45.6 Å². The standard InChI is InChI=1S/C26H27ClN4O/c1-17(18-8-9-20-15-28-11-10-19(20)12-18)25(32)29-16-23-14-24(26(2,3)4)30-31(23)22-7-5-6-21(27)13-22/h5-15,17H,16H2,1-4H3,(H,29,32). The maximum atomic E-state index is 13.0. The van der Waals surface area contributed by atoms with Gasteiger partial charge in [-0.05, 0) is 48.2 Å². The summed E-state index contributed by atoms with van der Waals surface area (Å²) in [5, 5.41) is 10.7. The fourth-order valence-electron chi connectivity index (χ4n) is 3.60. The van der Waals surface area contributed by atoms with Crippen LogP contribution in [0.1, 0.15) is 50.6 Å². The van der Waals surface area contributed by atoms with Gasteiger partial charge in [0.1, 0.15) is 0 Å². The van der Waals surface area contributed by atoms with Crippen LogP contribution in [0.3, 0.4) is 0 Å². The molecule has 164 valence electrons. The Morgan fingerprint density at radius 2 is 1.91 bits per heavy atom. The average Bonchev–Trinajstić information content (AvgIpc) is 3.21. The fraction of sp³-hybridized carbons (Fsp3) is 0.269. The molecule has 1 unspecified atom stereocenters. The zero-order valence-corrected chi connectivity index (χ0v) is 19.5. The van der Waals surface area contributed by atoms with Gasteiger partial charge in [-0.1, -0.05) is 56.6 Å². The van der Waals surface area contributed by atoms with E-state index >= 15 is 0 Å². The minimum absolute atomic E-state index is 0.0328. The van der Waals surface area contributed by atoms with Crippen LogP contribution in [-0.2, 0) is 16.8 Å². The molecule has 0 fully saturated rings. The summed E-state index contributed by atoms with van der Waals surface area (Å²) in [6.45, 7) is 8.66. The molecule has 5 nitrogen and oxygen atoms in total. The van der Waals surface area contributed by atoms with E-state index in [-0.39, 0.29) is 17.2 Å². The Bertz CT molecular complexity index is 1270. The van der Waals surface area contributed by atoms with E-state index in [1.807, 2.05) is 60.3 Å². The van der Waals surface area contributed by atoms with Gasteiger partial charge in [-0.2, -0.15) is 5.10 Å². The molecule has 2 aromatic heterocycles. The minimum Gasteiger partial charge on any atom is -0.350 e. The maximum Gasteiger partial charge on any atom is 0.227 e. The highest BCUT2D eigenvalue weighted by Gasteiger charge is 2.22. The zero-order valence-electron chi connectivity index (χ0n) is 18.8. The highest BCUT2D eigenvalue weighted by Crippen LogP contribution is 2.25. The molecule has 0 aliphatic heterocycles. The van der Waals surface area contributed by atoms with E-state index in [1.54, 1.807) is 6.20 Å². The number of carbonyl (C=O) groups excluding carboxylic acids is 1. The van der Waals surface area contributed by atoms with Gasteiger partial charge in [0.25, 0.3) is 0 Å². The van der Waals surface area contributed by atoms with Gasteiger partial charge in [-0.25, -0.2) is 4.68 Å². The number of benzene rings is 2. The lowest BCUT2D eigenvalue weighted by molar-refractivity contribution is -0.122. The van der Waals surface area contributed by atoms with Crippen LogP contribution in [-0.4, -0.2) is 20.7 Å².